The van der Waals surface area contributed by atoms with E-state index < -0.39 is 0 Å². The predicted octanol–water partition coefficient (Wildman–Crippen LogP) is 2.86. The van der Waals surface area contributed by atoms with Crippen LogP contribution in [0.2, 0.25) is 0 Å². The van der Waals surface area contributed by atoms with Crippen LogP contribution in [0.4, 0.5) is 0 Å². The summed E-state index contributed by atoms with van der Waals surface area (Å²) >= 11 is 3.31. The maximum absolute atomic E-state index is 3.31. The summed E-state index contributed by atoms with van der Waals surface area (Å²) in [5.41, 5.74) is 0. The van der Waals surface area contributed by atoms with Gasteiger partial charge >= 0.3 is 0 Å². The summed E-state index contributed by atoms with van der Waals surface area (Å²) < 4.78 is 1.13. The van der Waals surface area contributed by atoms with Gasteiger partial charge in [-0.05, 0) is 13.8 Å². The minimum absolute atomic E-state index is 1.13. The third kappa shape index (κ3) is 3.80. The molecular weight excluding hydrogens is 152 g/mol. The third-order valence-electron chi connectivity index (χ3n) is 0.602. The lowest BCUT2D eigenvalue weighted by Gasteiger charge is -1.78. The molecule has 0 nitrogen and oxygen atoms in total. The number of halogens is 1. The van der Waals surface area contributed by atoms with Crippen LogP contribution >= 0.6 is 15.9 Å². The van der Waals surface area contributed by atoms with Crippen LogP contribution in [0.1, 0.15) is 13.8 Å². The highest BCUT2D eigenvalue weighted by Crippen LogP contribution is 2.04. The van der Waals surface area contributed by atoms with Gasteiger partial charge in [0, 0.05) is 4.48 Å². The van der Waals surface area contributed by atoms with Crippen LogP contribution in [0.5, 0.6) is 0 Å². The van der Waals surface area contributed by atoms with Crippen molar-refractivity contribution in [1.82, 2.24) is 0 Å². The normalized spacial score (nSPS) is 13.3. The van der Waals surface area contributed by atoms with Gasteiger partial charge in [-0.25, -0.2) is 0 Å². The molecule has 0 atom stereocenters. The first-order chi connectivity index (χ1) is 3.31. The molecule has 0 saturated carbocycles. The summed E-state index contributed by atoms with van der Waals surface area (Å²) in [5.74, 6) is 0. The van der Waals surface area contributed by atoms with Crippen LogP contribution in [-0.4, -0.2) is 0 Å². The van der Waals surface area contributed by atoms with Crippen LogP contribution in [-0.2, 0) is 0 Å². The van der Waals surface area contributed by atoms with E-state index in [1.54, 1.807) is 0 Å². The van der Waals surface area contributed by atoms with Gasteiger partial charge in [-0.1, -0.05) is 34.2 Å². The molecule has 0 fully saturated rings. The topological polar surface area (TPSA) is 0 Å². The van der Waals surface area contributed by atoms with Gasteiger partial charge in [0.25, 0.3) is 0 Å². The fourth-order valence-electron chi connectivity index (χ4n) is 0.255. The highest BCUT2D eigenvalue weighted by atomic mass is 79.9. The maximum atomic E-state index is 3.31. The molecule has 0 unspecified atom stereocenters. The Morgan fingerprint density at radius 3 is 2.14 bits per heavy atom. The van der Waals surface area contributed by atoms with E-state index in [9.17, 15) is 0 Å². The number of hydrogen-bond donors (Lipinski definition) is 0. The maximum Gasteiger partial charge on any atom is 0.0129 e. The molecule has 0 aromatic carbocycles. The minimum atomic E-state index is 1.13. The summed E-state index contributed by atoms with van der Waals surface area (Å²) in [6.45, 7) is 3.98. The van der Waals surface area contributed by atoms with Crippen molar-refractivity contribution in [3.05, 3.63) is 22.7 Å². The molecule has 0 heterocycles. The average Bonchev–Trinajstić information content (AvgIpc) is 1.68. The first-order valence-corrected chi connectivity index (χ1v) is 3.05. The highest BCUT2D eigenvalue weighted by Gasteiger charge is 1.72. The Morgan fingerprint density at radius 2 is 2.00 bits per heavy atom. The Bertz CT molecular complexity index is 90.4. The molecule has 40 valence electrons. The van der Waals surface area contributed by atoms with E-state index in [1.165, 1.54) is 0 Å². The molecule has 0 aromatic rings. The molecule has 0 rings (SSSR count). The Hall–Kier alpha value is -0.0400. The summed E-state index contributed by atoms with van der Waals surface area (Å²) in [6.07, 6.45) is 5.99. The van der Waals surface area contributed by atoms with Crippen molar-refractivity contribution in [2.24, 2.45) is 0 Å². The van der Waals surface area contributed by atoms with Gasteiger partial charge in [-0.2, -0.15) is 0 Å². The van der Waals surface area contributed by atoms with Crippen molar-refractivity contribution in [1.29, 1.82) is 0 Å². The van der Waals surface area contributed by atoms with E-state index in [2.05, 4.69) is 15.9 Å². The Balaban J connectivity index is 3.58. The van der Waals surface area contributed by atoms with Gasteiger partial charge in [0.2, 0.25) is 0 Å². The average molecular weight is 161 g/mol. The number of rotatable bonds is 1. The predicted molar refractivity (Wildman–Crippen MR) is 37.5 cm³/mol. The van der Waals surface area contributed by atoms with Crippen LogP contribution in [0, 0.1) is 0 Å². The van der Waals surface area contributed by atoms with E-state index in [0.717, 1.165) is 4.48 Å². The van der Waals surface area contributed by atoms with Gasteiger partial charge in [0.1, 0.15) is 0 Å². The van der Waals surface area contributed by atoms with E-state index in [0.29, 0.717) is 0 Å². The van der Waals surface area contributed by atoms with Crippen molar-refractivity contribution in [3.8, 4) is 0 Å². The lowest BCUT2D eigenvalue weighted by molar-refractivity contribution is 1.67. The van der Waals surface area contributed by atoms with Crippen LogP contribution in [0.15, 0.2) is 22.7 Å². The van der Waals surface area contributed by atoms with Gasteiger partial charge in [0.15, 0.2) is 0 Å². The van der Waals surface area contributed by atoms with E-state index >= 15 is 0 Å². The molecule has 0 bridgehead atoms. The van der Waals surface area contributed by atoms with Crippen molar-refractivity contribution in [2.75, 3.05) is 0 Å². The van der Waals surface area contributed by atoms with Crippen molar-refractivity contribution in [3.63, 3.8) is 0 Å². The van der Waals surface area contributed by atoms with Crippen LogP contribution < -0.4 is 0 Å². The Kier molecular flexibility index (Phi) is 4.10. The first-order valence-electron chi connectivity index (χ1n) is 2.25. The molecular formula is C6H9Br. The van der Waals surface area contributed by atoms with Gasteiger partial charge in [0.05, 0.1) is 0 Å². The molecule has 1 heteroatoms. The summed E-state index contributed by atoms with van der Waals surface area (Å²) in [5, 5.41) is 0. The molecule has 0 aliphatic carbocycles. The largest absolute Gasteiger partial charge is 0.0866 e. The molecule has 0 radical (unpaired) electrons. The second-order valence-electron chi connectivity index (χ2n) is 1.17. The number of hydrogen-bond acceptors (Lipinski definition) is 0. The second kappa shape index (κ2) is 4.13. The molecule has 0 spiro atoms. The van der Waals surface area contributed by atoms with E-state index in [-0.39, 0.29) is 0 Å². The first kappa shape index (κ1) is 6.96. The van der Waals surface area contributed by atoms with Gasteiger partial charge < -0.3 is 0 Å². The van der Waals surface area contributed by atoms with Crippen molar-refractivity contribution < 1.29 is 0 Å². The van der Waals surface area contributed by atoms with Crippen molar-refractivity contribution in [2.45, 2.75) is 13.8 Å². The molecule has 0 saturated heterocycles. The minimum Gasteiger partial charge on any atom is -0.0866 e. The fraction of sp³-hybridized carbons (Fsp3) is 0.333. The Morgan fingerprint density at radius 1 is 1.43 bits per heavy atom. The summed E-state index contributed by atoms with van der Waals surface area (Å²) in [6, 6.07) is 0. The van der Waals surface area contributed by atoms with E-state index in [4.69, 9.17) is 0 Å². The molecule has 0 N–H and O–H groups in total. The molecule has 0 aromatic heterocycles. The van der Waals surface area contributed by atoms with Gasteiger partial charge in [-0.15, -0.1) is 0 Å². The molecule has 0 aliphatic heterocycles. The van der Waals surface area contributed by atoms with E-state index in [1.807, 2.05) is 32.1 Å². The summed E-state index contributed by atoms with van der Waals surface area (Å²) in [7, 11) is 0. The summed E-state index contributed by atoms with van der Waals surface area (Å²) in [4.78, 5) is 0. The molecule has 0 aliphatic rings. The number of allylic oxidation sites excluding steroid dienone is 4. The third-order valence-corrected chi connectivity index (χ3v) is 1.32. The fourth-order valence-corrected chi connectivity index (χ4v) is 0.520. The SMILES string of the molecule is CC=C(Br)/C=C\C. The zero-order valence-corrected chi connectivity index (χ0v) is 6.20. The smallest absolute Gasteiger partial charge is 0.0129 e. The lowest BCUT2D eigenvalue weighted by Crippen LogP contribution is -1.53. The van der Waals surface area contributed by atoms with Crippen LogP contribution in [0.25, 0.3) is 0 Å². The monoisotopic (exact) mass is 160 g/mol. The lowest BCUT2D eigenvalue weighted by atomic mass is 10.5. The van der Waals surface area contributed by atoms with Gasteiger partial charge in [-0.3, -0.25) is 0 Å². The Labute approximate surface area is 53.1 Å². The van der Waals surface area contributed by atoms with Crippen molar-refractivity contribution >= 4 is 15.9 Å². The molecule has 7 heavy (non-hydrogen) atoms. The standard InChI is InChI=1S/C6H9Br/c1-3-5-6(7)4-2/h3-5H,1-2H3/b5-3-,6-4?. The molecule has 0 amide bonds. The zero-order chi connectivity index (χ0) is 5.70. The second-order valence-corrected chi connectivity index (χ2v) is 2.09. The highest BCUT2D eigenvalue weighted by molar-refractivity contribution is 9.11. The van der Waals surface area contributed by atoms with Crippen LogP contribution in [0.3, 0.4) is 0 Å². The zero-order valence-electron chi connectivity index (χ0n) is 4.61. The quantitative estimate of drug-likeness (QED) is 0.518.